The first kappa shape index (κ1) is 35.2. The third-order valence-electron chi connectivity index (χ3n) is 12.1. The molecule has 2 heterocycles. The van der Waals surface area contributed by atoms with Crippen molar-refractivity contribution in [1.82, 2.24) is 9.97 Å². The Bertz CT molecular complexity index is 3640. The van der Waals surface area contributed by atoms with Gasteiger partial charge in [0.15, 0.2) is 5.82 Å². The summed E-state index contributed by atoms with van der Waals surface area (Å²) in [6.07, 6.45) is 0. The van der Waals surface area contributed by atoms with E-state index in [0.29, 0.717) is 5.82 Å². The summed E-state index contributed by atoms with van der Waals surface area (Å²) in [5.74, 6) is 0.703. The average Bonchev–Trinajstić information content (AvgIpc) is 3.71. The lowest BCUT2D eigenvalue weighted by Gasteiger charge is -2.15. The zero-order valence-electron chi connectivity index (χ0n) is 33.1. The van der Waals surface area contributed by atoms with Crippen LogP contribution in [-0.2, 0) is 0 Å². The lowest BCUT2D eigenvalue weighted by atomic mass is 9.88. The van der Waals surface area contributed by atoms with Gasteiger partial charge in [-0.25, -0.2) is 9.97 Å². The summed E-state index contributed by atoms with van der Waals surface area (Å²) in [5.41, 5.74) is 12.0. The van der Waals surface area contributed by atoms with Crippen LogP contribution in [0.5, 0.6) is 0 Å². The second kappa shape index (κ2) is 14.5. The van der Waals surface area contributed by atoms with Crippen LogP contribution in [0.15, 0.2) is 218 Å². The fourth-order valence-electron chi connectivity index (χ4n) is 9.04. The van der Waals surface area contributed by atoms with Gasteiger partial charge in [0.2, 0.25) is 0 Å². The smallest absolute Gasteiger partial charge is 0.160 e. The van der Waals surface area contributed by atoms with E-state index in [2.05, 4.69) is 200 Å². The van der Waals surface area contributed by atoms with E-state index in [1.165, 1.54) is 74.7 Å². The molecule has 0 spiro atoms. The molecule has 0 atom stereocenters. The van der Waals surface area contributed by atoms with Crippen LogP contribution < -0.4 is 0 Å². The molecule has 284 valence electrons. The van der Waals surface area contributed by atoms with E-state index in [0.717, 1.165) is 39.2 Å². The highest BCUT2D eigenvalue weighted by molar-refractivity contribution is 7.25. The van der Waals surface area contributed by atoms with Gasteiger partial charge in [-0.3, -0.25) is 0 Å². The first-order valence-electron chi connectivity index (χ1n) is 20.7. The van der Waals surface area contributed by atoms with Crippen molar-refractivity contribution in [3.63, 3.8) is 0 Å². The predicted octanol–water partition coefficient (Wildman–Crippen LogP) is 16.3. The summed E-state index contributed by atoms with van der Waals surface area (Å²) >= 11 is 1.85. The number of nitrogens with zero attached hydrogens (tertiary/aromatic N) is 2. The van der Waals surface area contributed by atoms with Gasteiger partial charge in [0.25, 0.3) is 0 Å². The monoisotopic (exact) mass is 792 g/mol. The molecule has 0 aliphatic rings. The number of rotatable bonds is 6. The molecular weight excluding hydrogens is 757 g/mol. The molecule has 0 unspecified atom stereocenters. The summed E-state index contributed by atoms with van der Waals surface area (Å²) in [6.45, 7) is 0. The van der Waals surface area contributed by atoms with Crippen molar-refractivity contribution < 1.29 is 0 Å². The Morgan fingerprint density at radius 1 is 0.262 bits per heavy atom. The topological polar surface area (TPSA) is 25.8 Å². The number of aromatic nitrogens is 2. The van der Waals surface area contributed by atoms with Crippen LogP contribution in [0.4, 0.5) is 0 Å². The van der Waals surface area contributed by atoms with Gasteiger partial charge in [-0.1, -0.05) is 176 Å². The van der Waals surface area contributed by atoms with Crippen molar-refractivity contribution >= 4 is 63.8 Å². The van der Waals surface area contributed by atoms with Gasteiger partial charge in [-0.15, -0.1) is 11.3 Å². The quantitative estimate of drug-likeness (QED) is 0.124. The summed E-state index contributed by atoms with van der Waals surface area (Å²) in [5, 5.41) is 10.2. The van der Waals surface area contributed by atoms with Crippen molar-refractivity contribution in [2.24, 2.45) is 0 Å². The van der Waals surface area contributed by atoms with Crippen LogP contribution in [0.1, 0.15) is 0 Å². The molecule has 12 aromatic rings. The third-order valence-corrected chi connectivity index (χ3v) is 13.2. The Hall–Kier alpha value is -7.72. The van der Waals surface area contributed by atoms with Gasteiger partial charge in [0.1, 0.15) is 0 Å². The highest BCUT2D eigenvalue weighted by Gasteiger charge is 2.15. The van der Waals surface area contributed by atoms with E-state index < -0.39 is 0 Å². The van der Waals surface area contributed by atoms with Crippen molar-refractivity contribution in [3.8, 4) is 67.3 Å². The maximum Gasteiger partial charge on any atom is 0.160 e. The zero-order chi connectivity index (χ0) is 40.3. The number of fused-ring (bicyclic) bond motifs is 7. The lowest BCUT2D eigenvalue weighted by Crippen LogP contribution is -1.96. The van der Waals surface area contributed by atoms with Gasteiger partial charge < -0.3 is 0 Å². The normalized spacial score (nSPS) is 11.6. The average molecular weight is 793 g/mol. The number of benzene rings is 10. The molecule has 12 rings (SSSR count). The zero-order valence-corrected chi connectivity index (χ0v) is 33.9. The largest absolute Gasteiger partial charge is 0.228 e. The Kier molecular flexibility index (Phi) is 8.39. The summed E-state index contributed by atoms with van der Waals surface area (Å²) in [6, 6.07) is 78.8. The minimum absolute atomic E-state index is 0.703. The fraction of sp³-hybridized carbons (Fsp3) is 0. The molecule has 0 aliphatic carbocycles. The first-order valence-corrected chi connectivity index (χ1v) is 21.5. The molecular formula is C58H36N2S. The molecule has 0 saturated heterocycles. The highest BCUT2D eigenvalue weighted by Crippen LogP contribution is 2.41. The molecule has 3 heteroatoms. The van der Waals surface area contributed by atoms with Crippen LogP contribution in [-0.4, -0.2) is 9.97 Å². The molecule has 10 aromatic carbocycles. The van der Waals surface area contributed by atoms with E-state index in [4.69, 9.17) is 9.97 Å². The number of hydrogen-bond donors (Lipinski definition) is 0. The first-order chi connectivity index (χ1) is 30.2. The third kappa shape index (κ3) is 6.26. The van der Waals surface area contributed by atoms with Gasteiger partial charge >= 0.3 is 0 Å². The molecule has 0 aliphatic heterocycles. The molecule has 0 bridgehead atoms. The Labute approximate surface area is 357 Å². The summed E-state index contributed by atoms with van der Waals surface area (Å²) in [7, 11) is 0. The van der Waals surface area contributed by atoms with Crippen LogP contribution in [0, 0.1) is 0 Å². The van der Waals surface area contributed by atoms with Gasteiger partial charge in [-0.2, -0.15) is 0 Å². The minimum Gasteiger partial charge on any atom is -0.228 e. The van der Waals surface area contributed by atoms with E-state index in [9.17, 15) is 0 Å². The Morgan fingerprint density at radius 3 is 1.66 bits per heavy atom. The van der Waals surface area contributed by atoms with Crippen molar-refractivity contribution in [3.05, 3.63) is 218 Å². The Morgan fingerprint density at radius 2 is 0.836 bits per heavy atom. The fourth-order valence-corrected chi connectivity index (χ4v) is 10.1. The molecule has 0 amide bonds. The van der Waals surface area contributed by atoms with Crippen LogP contribution in [0.25, 0.3) is 120 Å². The molecule has 0 radical (unpaired) electrons. The van der Waals surface area contributed by atoms with Crippen LogP contribution in [0.2, 0.25) is 0 Å². The second-order valence-corrected chi connectivity index (χ2v) is 16.8. The van der Waals surface area contributed by atoms with Crippen molar-refractivity contribution in [1.29, 1.82) is 0 Å². The van der Waals surface area contributed by atoms with E-state index in [1.54, 1.807) is 0 Å². The second-order valence-electron chi connectivity index (χ2n) is 15.7. The molecule has 0 saturated carbocycles. The van der Waals surface area contributed by atoms with E-state index in [-0.39, 0.29) is 0 Å². The molecule has 0 fully saturated rings. The molecule has 61 heavy (non-hydrogen) atoms. The van der Waals surface area contributed by atoms with Crippen LogP contribution in [0.3, 0.4) is 0 Å². The molecule has 2 nitrogen and oxygen atoms in total. The lowest BCUT2D eigenvalue weighted by molar-refractivity contribution is 1.18. The van der Waals surface area contributed by atoms with E-state index >= 15 is 0 Å². The van der Waals surface area contributed by atoms with E-state index in [1.807, 2.05) is 29.5 Å². The number of thiophene rings is 1. The standard InChI is InChI=1S/C58H36N2S/c1-2-13-40(14-3-1)58-59-53(39-26-24-37(25-27-39)43-29-31-56-52(34-43)49-22-8-9-23-55(49)61-56)36-54(60-58)45-18-10-16-41(32-45)42-17-11-19-46(33-42)57-48-21-7-5-15-44(48)35-51-47-20-6-4-12-38(47)28-30-50(51)57/h1-36H. The Balaban J connectivity index is 0.939. The predicted molar refractivity (Wildman–Crippen MR) is 260 cm³/mol. The maximum absolute atomic E-state index is 5.20. The maximum atomic E-state index is 5.20. The summed E-state index contributed by atoms with van der Waals surface area (Å²) < 4.78 is 2.63. The van der Waals surface area contributed by atoms with Gasteiger partial charge in [-0.05, 0) is 108 Å². The number of hydrogen-bond acceptors (Lipinski definition) is 3. The van der Waals surface area contributed by atoms with Crippen LogP contribution >= 0.6 is 11.3 Å². The van der Waals surface area contributed by atoms with Crippen molar-refractivity contribution in [2.75, 3.05) is 0 Å². The van der Waals surface area contributed by atoms with Gasteiger partial charge in [0.05, 0.1) is 11.4 Å². The van der Waals surface area contributed by atoms with Crippen molar-refractivity contribution in [2.45, 2.75) is 0 Å². The summed E-state index contributed by atoms with van der Waals surface area (Å²) in [4.78, 5) is 10.4. The van der Waals surface area contributed by atoms with Gasteiger partial charge in [0, 0.05) is 36.9 Å². The SMILES string of the molecule is c1ccc(-c2nc(-c3ccc(-c4ccc5sc6ccccc6c5c4)cc3)cc(-c3cccc(-c4cccc(-c5c6ccccc6cc6c5ccc5ccccc56)c4)c3)n2)cc1. The highest BCUT2D eigenvalue weighted by atomic mass is 32.1. The molecule has 0 N–H and O–H groups in total. The molecule has 2 aromatic heterocycles. The minimum atomic E-state index is 0.703.